The molecule has 0 aliphatic carbocycles. The fourth-order valence-electron chi connectivity index (χ4n) is 2.84. The molecular weight excluding hydrogens is 372 g/mol. The van der Waals surface area contributed by atoms with Crippen molar-refractivity contribution in [2.24, 2.45) is 0 Å². The van der Waals surface area contributed by atoms with Gasteiger partial charge < -0.3 is 10.2 Å². The molecule has 28 heavy (non-hydrogen) atoms. The van der Waals surface area contributed by atoms with E-state index in [1.54, 1.807) is 7.05 Å². The van der Waals surface area contributed by atoms with Crippen LogP contribution in [0.1, 0.15) is 54.1 Å². The fourth-order valence-corrected chi connectivity index (χ4v) is 3.46. The van der Waals surface area contributed by atoms with Crippen LogP contribution in [0.5, 0.6) is 0 Å². The van der Waals surface area contributed by atoms with E-state index in [1.807, 2.05) is 58.2 Å². The highest BCUT2D eigenvalue weighted by atomic mass is 32.2. The molecule has 7 heteroatoms. The maximum absolute atomic E-state index is 13.0. The molecule has 0 atom stereocenters. The predicted octanol–water partition coefficient (Wildman–Crippen LogP) is 3.90. The van der Waals surface area contributed by atoms with E-state index in [1.165, 1.54) is 16.7 Å². The van der Waals surface area contributed by atoms with Gasteiger partial charge in [0.2, 0.25) is 5.91 Å². The van der Waals surface area contributed by atoms with E-state index in [2.05, 4.69) is 15.3 Å². The van der Waals surface area contributed by atoms with Gasteiger partial charge in [0.15, 0.2) is 0 Å². The van der Waals surface area contributed by atoms with Gasteiger partial charge in [0.05, 0.1) is 17.8 Å². The number of aryl methyl sites for hydroxylation is 2. The fraction of sp³-hybridized carbons (Fsp3) is 0.429. The van der Waals surface area contributed by atoms with Crippen LogP contribution in [-0.2, 0) is 11.2 Å². The Morgan fingerprint density at radius 3 is 2.50 bits per heavy atom. The van der Waals surface area contributed by atoms with Gasteiger partial charge in [0, 0.05) is 18.7 Å². The van der Waals surface area contributed by atoms with Gasteiger partial charge in [-0.1, -0.05) is 39.0 Å². The summed E-state index contributed by atoms with van der Waals surface area (Å²) in [7, 11) is 1.62. The van der Waals surface area contributed by atoms with E-state index in [0.29, 0.717) is 16.3 Å². The van der Waals surface area contributed by atoms with Crippen LogP contribution < -0.4 is 5.32 Å². The van der Waals surface area contributed by atoms with Crippen LogP contribution >= 0.6 is 11.8 Å². The van der Waals surface area contributed by atoms with Gasteiger partial charge in [-0.15, -0.1) is 11.8 Å². The minimum atomic E-state index is -0.254. The van der Waals surface area contributed by atoms with Crippen LogP contribution in [0.2, 0.25) is 0 Å². The minimum Gasteiger partial charge on any atom is -0.332 e. The van der Waals surface area contributed by atoms with Crippen molar-refractivity contribution in [3.63, 3.8) is 0 Å². The average molecular weight is 401 g/mol. The number of rotatable bonds is 7. The molecular formula is C21H28N4O2S. The third kappa shape index (κ3) is 5.10. The third-order valence-electron chi connectivity index (χ3n) is 4.40. The summed E-state index contributed by atoms with van der Waals surface area (Å²) in [6.07, 6.45) is 2.71. The number of hydrogen-bond acceptors (Lipinski definition) is 5. The van der Waals surface area contributed by atoms with Gasteiger partial charge in [-0.05, 0) is 31.2 Å². The second kappa shape index (κ2) is 9.68. The number of amides is 2. The summed E-state index contributed by atoms with van der Waals surface area (Å²) in [6, 6.07) is 7.67. The summed E-state index contributed by atoms with van der Waals surface area (Å²) < 4.78 is 0. The number of thioether (sulfide) groups is 1. The minimum absolute atomic E-state index is 0.0456. The number of para-hydroxylation sites is 1. The first-order valence-corrected chi connectivity index (χ1v) is 10.6. The molecule has 2 rings (SSSR count). The number of aromatic nitrogens is 2. The lowest BCUT2D eigenvalue weighted by Gasteiger charge is -2.20. The molecule has 0 spiro atoms. The molecule has 0 unspecified atom stereocenters. The second-order valence-electron chi connectivity index (χ2n) is 6.93. The molecule has 2 amide bonds. The van der Waals surface area contributed by atoms with Gasteiger partial charge in [0.25, 0.3) is 5.91 Å². The van der Waals surface area contributed by atoms with Gasteiger partial charge in [-0.25, -0.2) is 9.97 Å². The van der Waals surface area contributed by atoms with Crippen LogP contribution in [0.4, 0.5) is 5.69 Å². The van der Waals surface area contributed by atoms with Gasteiger partial charge >= 0.3 is 0 Å². The van der Waals surface area contributed by atoms with Crippen LogP contribution in [-0.4, -0.2) is 46.5 Å². The zero-order chi connectivity index (χ0) is 20.8. The maximum Gasteiger partial charge on any atom is 0.258 e. The first kappa shape index (κ1) is 21.9. The molecule has 1 aromatic heterocycles. The van der Waals surface area contributed by atoms with E-state index in [9.17, 15) is 9.59 Å². The Morgan fingerprint density at radius 2 is 1.89 bits per heavy atom. The molecule has 0 saturated heterocycles. The second-order valence-corrected chi connectivity index (χ2v) is 7.72. The molecule has 0 aliphatic heterocycles. The van der Waals surface area contributed by atoms with Crippen molar-refractivity contribution in [1.82, 2.24) is 14.9 Å². The van der Waals surface area contributed by atoms with Crippen molar-refractivity contribution in [2.45, 2.75) is 45.1 Å². The highest BCUT2D eigenvalue weighted by molar-refractivity contribution is 7.98. The summed E-state index contributed by atoms with van der Waals surface area (Å²) >= 11 is 1.41. The smallest absolute Gasteiger partial charge is 0.258 e. The molecule has 1 aromatic carbocycles. The van der Waals surface area contributed by atoms with Crippen molar-refractivity contribution >= 4 is 29.3 Å². The maximum atomic E-state index is 13.0. The number of carbonyl (C=O) groups excluding carboxylic acids is 2. The molecule has 1 heterocycles. The summed E-state index contributed by atoms with van der Waals surface area (Å²) in [4.78, 5) is 35.9. The van der Waals surface area contributed by atoms with E-state index in [4.69, 9.17) is 0 Å². The molecule has 0 fully saturated rings. The Labute approximate surface area is 171 Å². The number of nitrogens with one attached hydrogen (secondary N) is 1. The first-order chi connectivity index (χ1) is 13.3. The molecule has 1 N–H and O–H groups in total. The lowest BCUT2D eigenvalue weighted by Crippen LogP contribution is -2.36. The summed E-state index contributed by atoms with van der Waals surface area (Å²) in [5.41, 5.74) is 2.93. The topological polar surface area (TPSA) is 75.2 Å². The number of likely N-dealkylation sites (N-methyl/N-ethyl adjacent to an activating group) is 1. The quantitative estimate of drug-likeness (QED) is 0.563. The number of nitrogens with zero attached hydrogens (tertiary/aromatic N) is 3. The third-order valence-corrected chi connectivity index (χ3v) is 5.08. The summed E-state index contributed by atoms with van der Waals surface area (Å²) in [5, 5.41) is 3.54. The van der Waals surface area contributed by atoms with Gasteiger partial charge in [-0.2, -0.15) is 0 Å². The van der Waals surface area contributed by atoms with E-state index < -0.39 is 0 Å². The van der Waals surface area contributed by atoms with Crippen molar-refractivity contribution in [1.29, 1.82) is 0 Å². The van der Waals surface area contributed by atoms with Crippen molar-refractivity contribution in [3.8, 4) is 0 Å². The summed E-state index contributed by atoms with van der Waals surface area (Å²) in [5.74, 6) is 0.404. The van der Waals surface area contributed by atoms with Crippen LogP contribution in [0.3, 0.4) is 0 Å². The Balaban J connectivity index is 2.17. The molecule has 0 radical (unpaired) electrons. The molecule has 0 aliphatic rings. The lowest BCUT2D eigenvalue weighted by molar-refractivity contribution is -0.116. The Hall–Kier alpha value is -2.41. The van der Waals surface area contributed by atoms with Crippen LogP contribution in [0, 0.1) is 6.92 Å². The molecule has 2 aromatic rings. The van der Waals surface area contributed by atoms with Crippen molar-refractivity contribution in [3.05, 3.63) is 46.9 Å². The Morgan fingerprint density at radius 1 is 1.21 bits per heavy atom. The number of carbonyl (C=O) groups is 2. The van der Waals surface area contributed by atoms with Crippen molar-refractivity contribution in [2.75, 3.05) is 25.2 Å². The first-order valence-electron chi connectivity index (χ1n) is 9.34. The summed E-state index contributed by atoms with van der Waals surface area (Å²) in [6.45, 7) is 7.84. The Bertz CT molecular complexity index is 867. The lowest BCUT2D eigenvalue weighted by atomic mass is 10.1. The number of anilines is 1. The van der Waals surface area contributed by atoms with Crippen LogP contribution in [0.15, 0.2) is 29.3 Å². The molecule has 150 valence electrons. The largest absolute Gasteiger partial charge is 0.332 e. The molecule has 6 nitrogen and oxygen atoms in total. The van der Waals surface area contributed by atoms with Crippen LogP contribution in [0.25, 0.3) is 0 Å². The standard InChI is InChI=1S/C21H28N4O2S/c1-7-15-10-8-9-11-16(15)23-17(26)12-25(5)21(27)18-14(4)22-19(13(2)3)24-20(18)28-6/h8-11,13H,7,12H2,1-6H3,(H,23,26). The highest BCUT2D eigenvalue weighted by Crippen LogP contribution is 2.24. The normalized spacial score (nSPS) is 10.8. The zero-order valence-electron chi connectivity index (χ0n) is 17.4. The van der Waals surface area contributed by atoms with Crippen molar-refractivity contribution < 1.29 is 9.59 Å². The van der Waals surface area contributed by atoms with E-state index in [-0.39, 0.29) is 24.3 Å². The molecule has 0 saturated carbocycles. The zero-order valence-corrected chi connectivity index (χ0v) is 18.2. The SMILES string of the molecule is CCc1ccccc1NC(=O)CN(C)C(=O)c1c(C)nc(C(C)C)nc1SC. The average Bonchev–Trinajstić information content (AvgIpc) is 2.66. The monoisotopic (exact) mass is 400 g/mol. The van der Waals surface area contributed by atoms with E-state index >= 15 is 0 Å². The predicted molar refractivity (Wildman–Crippen MR) is 114 cm³/mol. The van der Waals surface area contributed by atoms with E-state index in [0.717, 1.165) is 23.5 Å². The highest BCUT2D eigenvalue weighted by Gasteiger charge is 2.23. The molecule has 0 bridgehead atoms. The number of hydrogen-bond donors (Lipinski definition) is 1. The van der Waals surface area contributed by atoms with Gasteiger partial charge in [-0.3, -0.25) is 9.59 Å². The van der Waals surface area contributed by atoms with Gasteiger partial charge in [0.1, 0.15) is 10.9 Å². The number of benzene rings is 1. The Kier molecular flexibility index (Phi) is 7.57.